The summed E-state index contributed by atoms with van der Waals surface area (Å²) in [5, 5.41) is 4.88. The van der Waals surface area contributed by atoms with E-state index < -0.39 is 0 Å². The molecule has 0 bridgehead atoms. The van der Waals surface area contributed by atoms with Crippen molar-refractivity contribution >= 4 is 37.4 Å². The van der Waals surface area contributed by atoms with Gasteiger partial charge in [0.15, 0.2) is 0 Å². The van der Waals surface area contributed by atoms with Crippen LogP contribution in [0.1, 0.15) is 10.4 Å². The first-order valence-electron chi connectivity index (χ1n) is 5.76. The van der Waals surface area contributed by atoms with Gasteiger partial charge in [-0.05, 0) is 33.6 Å². The summed E-state index contributed by atoms with van der Waals surface area (Å²) in [5.74, 6) is -0.199. The number of nitrogens with two attached hydrogens (primary N) is 1. The summed E-state index contributed by atoms with van der Waals surface area (Å²) < 4.78 is 17.6. The maximum atomic E-state index is 14.0. The van der Waals surface area contributed by atoms with E-state index >= 15 is 0 Å². The van der Waals surface area contributed by atoms with Crippen molar-refractivity contribution in [3.8, 4) is 0 Å². The Morgan fingerprint density at radius 2 is 2.26 bits per heavy atom. The number of aromatic nitrogens is 2. The molecule has 0 atom stereocenters. The number of halogens is 2. The highest BCUT2D eigenvalue weighted by Gasteiger charge is 2.15. The first kappa shape index (κ1) is 12.8. The highest BCUT2D eigenvalue weighted by atomic mass is 79.9. The second kappa shape index (κ2) is 5.03. The molecule has 3 nitrogen and oxygen atoms in total. The zero-order valence-corrected chi connectivity index (χ0v) is 12.3. The average molecular weight is 340 g/mol. The third-order valence-corrected chi connectivity index (χ3v) is 4.58. The predicted octanol–water partition coefficient (Wildman–Crippen LogP) is 3.51. The van der Waals surface area contributed by atoms with Crippen LogP contribution in [-0.4, -0.2) is 9.78 Å². The van der Waals surface area contributed by atoms with E-state index in [1.807, 2.05) is 12.3 Å². The number of rotatable bonds is 3. The smallest absolute Gasteiger partial charge is 0.132 e. The lowest BCUT2D eigenvalue weighted by Crippen LogP contribution is -2.04. The molecular weight excluding hydrogens is 329 g/mol. The lowest BCUT2D eigenvalue weighted by Gasteiger charge is -2.04. The van der Waals surface area contributed by atoms with Gasteiger partial charge in [0.1, 0.15) is 5.82 Å². The van der Waals surface area contributed by atoms with Gasteiger partial charge in [-0.15, -0.1) is 11.3 Å². The Labute approximate surface area is 122 Å². The highest BCUT2D eigenvalue weighted by molar-refractivity contribution is 9.10. The van der Waals surface area contributed by atoms with Crippen LogP contribution in [0.2, 0.25) is 0 Å². The van der Waals surface area contributed by atoms with Crippen LogP contribution >= 0.6 is 27.3 Å². The molecular formula is C13H11BrFN3S. The quantitative estimate of drug-likeness (QED) is 0.793. The number of hydrogen-bond donors (Lipinski definition) is 1. The zero-order chi connectivity index (χ0) is 13.4. The van der Waals surface area contributed by atoms with E-state index in [1.165, 1.54) is 6.07 Å². The van der Waals surface area contributed by atoms with Crippen LogP contribution in [0.25, 0.3) is 10.1 Å². The predicted molar refractivity (Wildman–Crippen MR) is 78.7 cm³/mol. The molecule has 0 aliphatic heterocycles. The van der Waals surface area contributed by atoms with E-state index in [1.54, 1.807) is 28.3 Å². The van der Waals surface area contributed by atoms with Crippen molar-refractivity contribution in [1.29, 1.82) is 0 Å². The van der Waals surface area contributed by atoms with E-state index in [-0.39, 0.29) is 5.82 Å². The first-order chi connectivity index (χ1) is 9.19. The summed E-state index contributed by atoms with van der Waals surface area (Å²) in [6.07, 6.45) is 3.58. The maximum Gasteiger partial charge on any atom is 0.132 e. The molecule has 19 heavy (non-hydrogen) atoms. The largest absolute Gasteiger partial charge is 0.326 e. The van der Waals surface area contributed by atoms with Crippen LogP contribution in [0.15, 0.2) is 35.1 Å². The minimum atomic E-state index is -0.199. The normalized spacial score (nSPS) is 11.3. The Morgan fingerprint density at radius 3 is 2.95 bits per heavy atom. The van der Waals surface area contributed by atoms with Gasteiger partial charge in [-0.3, -0.25) is 4.68 Å². The molecule has 0 amide bonds. The van der Waals surface area contributed by atoms with Crippen molar-refractivity contribution in [1.82, 2.24) is 9.78 Å². The van der Waals surface area contributed by atoms with Crippen LogP contribution in [0.4, 0.5) is 4.39 Å². The average Bonchev–Trinajstić information content (AvgIpc) is 2.95. The van der Waals surface area contributed by atoms with Gasteiger partial charge in [0.25, 0.3) is 0 Å². The molecule has 0 radical (unpaired) electrons. The Bertz CT molecular complexity index is 735. The third kappa shape index (κ3) is 2.31. The molecule has 1 aromatic carbocycles. The van der Waals surface area contributed by atoms with Gasteiger partial charge in [-0.25, -0.2) is 4.39 Å². The van der Waals surface area contributed by atoms with Crippen molar-refractivity contribution in [2.75, 3.05) is 0 Å². The van der Waals surface area contributed by atoms with E-state index in [0.717, 1.165) is 19.6 Å². The van der Waals surface area contributed by atoms with Gasteiger partial charge in [-0.1, -0.05) is 6.07 Å². The van der Waals surface area contributed by atoms with Gasteiger partial charge in [0.2, 0.25) is 0 Å². The summed E-state index contributed by atoms with van der Waals surface area (Å²) in [6, 6.07) is 5.13. The first-order valence-corrected chi connectivity index (χ1v) is 7.37. The van der Waals surface area contributed by atoms with Gasteiger partial charge in [0, 0.05) is 27.7 Å². The van der Waals surface area contributed by atoms with Crippen molar-refractivity contribution in [2.45, 2.75) is 13.1 Å². The standard InChI is InChI=1S/C13H11BrFN3S/c14-8-5-17-18(6-8)7-9-12(4-16)19-11-3-1-2-10(15)13(9)11/h1-3,5-6H,4,7,16H2. The Balaban J connectivity index is 2.15. The summed E-state index contributed by atoms with van der Waals surface area (Å²) in [4.78, 5) is 1.01. The van der Waals surface area contributed by atoms with Gasteiger partial charge in [0.05, 0.1) is 17.2 Å². The SMILES string of the molecule is NCc1sc2cccc(F)c2c1Cn1cc(Br)cn1. The molecule has 0 saturated carbocycles. The second-order valence-electron chi connectivity index (χ2n) is 4.18. The highest BCUT2D eigenvalue weighted by Crippen LogP contribution is 2.33. The lowest BCUT2D eigenvalue weighted by molar-refractivity contribution is 0.635. The number of thiophene rings is 1. The number of benzene rings is 1. The molecule has 2 aromatic heterocycles. The number of fused-ring (bicyclic) bond motifs is 1. The van der Waals surface area contributed by atoms with Crippen molar-refractivity contribution in [3.05, 3.63) is 51.3 Å². The van der Waals surface area contributed by atoms with Crippen molar-refractivity contribution in [3.63, 3.8) is 0 Å². The Kier molecular flexibility index (Phi) is 3.38. The molecule has 0 aliphatic carbocycles. The molecule has 0 fully saturated rings. The maximum absolute atomic E-state index is 14.0. The third-order valence-electron chi connectivity index (χ3n) is 2.95. The fraction of sp³-hybridized carbons (Fsp3) is 0.154. The van der Waals surface area contributed by atoms with Crippen LogP contribution in [0.3, 0.4) is 0 Å². The van der Waals surface area contributed by atoms with Crippen molar-refractivity contribution in [2.24, 2.45) is 5.73 Å². The molecule has 3 rings (SSSR count). The van der Waals surface area contributed by atoms with Gasteiger partial charge in [-0.2, -0.15) is 5.10 Å². The second-order valence-corrected chi connectivity index (χ2v) is 6.23. The topological polar surface area (TPSA) is 43.8 Å². The Morgan fingerprint density at radius 1 is 1.42 bits per heavy atom. The van der Waals surface area contributed by atoms with Crippen LogP contribution < -0.4 is 5.73 Å². The molecule has 2 N–H and O–H groups in total. The zero-order valence-electron chi connectivity index (χ0n) is 9.94. The minimum Gasteiger partial charge on any atom is -0.326 e. The van der Waals surface area contributed by atoms with E-state index in [9.17, 15) is 4.39 Å². The summed E-state index contributed by atoms with van der Waals surface area (Å²) in [5.41, 5.74) is 6.70. The molecule has 0 unspecified atom stereocenters. The monoisotopic (exact) mass is 339 g/mol. The number of hydrogen-bond acceptors (Lipinski definition) is 3. The fourth-order valence-corrected chi connectivity index (χ4v) is 3.57. The molecule has 0 aliphatic rings. The van der Waals surface area contributed by atoms with E-state index in [2.05, 4.69) is 21.0 Å². The fourth-order valence-electron chi connectivity index (χ4n) is 2.13. The molecule has 3 aromatic rings. The molecule has 0 saturated heterocycles. The lowest BCUT2D eigenvalue weighted by atomic mass is 10.1. The van der Waals surface area contributed by atoms with Crippen LogP contribution in [-0.2, 0) is 13.1 Å². The van der Waals surface area contributed by atoms with Crippen LogP contribution in [0.5, 0.6) is 0 Å². The van der Waals surface area contributed by atoms with Gasteiger partial charge >= 0.3 is 0 Å². The van der Waals surface area contributed by atoms with Crippen molar-refractivity contribution < 1.29 is 4.39 Å². The Hall–Kier alpha value is -1.24. The van der Waals surface area contributed by atoms with E-state index in [4.69, 9.17) is 5.73 Å². The molecule has 0 spiro atoms. The molecule has 6 heteroatoms. The minimum absolute atomic E-state index is 0.199. The summed E-state index contributed by atoms with van der Waals surface area (Å²) >= 11 is 4.90. The van der Waals surface area contributed by atoms with E-state index in [0.29, 0.717) is 18.5 Å². The van der Waals surface area contributed by atoms with Crippen LogP contribution in [0, 0.1) is 5.82 Å². The van der Waals surface area contributed by atoms with Gasteiger partial charge < -0.3 is 5.73 Å². The summed E-state index contributed by atoms with van der Waals surface area (Å²) in [7, 11) is 0. The summed E-state index contributed by atoms with van der Waals surface area (Å²) in [6.45, 7) is 0.940. The molecule has 2 heterocycles. The number of nitrogens with zero attached hydrogens (tertiary/aromatic N) is 2. The molecule has 98 valence electrons.